The van der Waals surface area contributed by atoms with Gasteiger partial charge in [-0.25, -0.2) is 14.5 Å². The van der Waals surface area contributed by atoms with Crippen molar-refractivity contribution in [1.29, 1.82) is 0 Å². The van der Waals surface area contributed by atoms with Crippen LogP contribution in [-0.4, -0.2) is 32.7 Å². The number of carbonyl (C=O) groups excluding carboxylic acids is 2. The van der Waals surface area contributed by atoms with Gasteiger partial charge in [-0.1, -0.05) is 61.5 Å². The molecular formula is C26H24N4O4S. The molecule has 178 valence electrons. The number of hydrogen-bond donors (Lipinski definition) is 1. The minimum atomic E-state index is -1.09. The topological polar surface area (TPSA) is 103 Å². The van der Waals surface area contributed by atoms with Crippen LogP contribution in [0, 0.1) is 0 Å². The van der Waals surface area contributed by atoms with Gasteiger partial charge in [-0.3, -0.25) is 14.9 Å². The lowest BCUT2D eigenvalue weighted by Gasteiger charge is -2.12. The third-order valence-electron chi connectivity index (χ3n) is 5.30. The maximum atomic E-state index is 12.6. The minimum Gasteiger partial charge on any atom is -0.448 e. The summed E-state index contributed by atoms with van der Waals surface area (Å²) < 4.78 is 6.46. The number of aromatic nitrogens is 3. The van der Waals surface area contributed by atoms with Crippen LogP contribution in [0.15, 0.2) is 76.9 Å². The number of nitrogens with one attached hydrogen (secondary N) is 1. The van der Waals surface area contributed by atoms with Crippen molar-refractivity contribution in [2.45, 2.75) is 32.9 Å². The number of amides is 1. The molecule has 1 atom stereocenters. The summed E-state index contributed by atoms with van der Waals surface area (Å²) in [4.78, 5) is 41.7. The Morgan fingerprint density at radius 2 is 1.77 bits per heavy atom. The number of esters is 1. The smallest absolute Gasteiger partial charge is 0.359 e. The summed E-state index contributed by atoms with van der Waals surface area (Å²) in [7, 11) is 0. The molecule has 2 aromatic carbocycles. The first-order chi connectivity index (χ1) is 16.9. The maximum absolute atomic E-state index is 12.6. The molecule has 1 unspecified atom stereocenters. The summed E-state index contributed by atoms with van der Waals surface area (Å²) in [6, 6.07) is 19.9. The molecule has 8 nitrogen and oxygen atoms in total. The van der Waals surface area contributed by atoms with Crippen LogP contribution >= 0.6 is 11.3 Å². The van der Waals surface area contributed by atoms with Gasteiger partial charge < -0.3 is 4.74 Å². The van der Waals surface area contributed by atoms with Gasteiger partial charge >= 0.3 is 5.97 Å². The van der Waals surface area contributed by atoms with Crippen molar-refractivity contribution < 1.29 is 14.3 Å². The number of hydrogen-bond acceptors (Lipinski definition) is 7. The molecule has 0 aliphatic rings. The molecule has 35 heavy (non-hydrogen) atoms. The summed E-state index contributed by atoms with van der Waals surface area (Å²) in [5.41, 5.74) is 3.40. The van der Waals surface area contributed by atoms with Gasteiger partial charge in [0.05, 0.1) is 12.2 Å². The molecule has 0 aliphatic heterocycles. The quantitative estimate of drug-likeness (QED) is 0.374. The van der Waals surface area contributed by atoms with E-state index >= 15 is 0 Å². The first-order valence-corrected chi connectivity index (χ1v) is 12.0. The van der Waals surface area contributed by atoms with Crippen LogP contribution in [0.2, 0.25) is 0 Å². The van der Waals surface area contributed by atoms with Crippen LogP contribution in [0.3, 0.4) is 0 Å². The number of anilines is 1. The molecule has 0 saturated heterocycles. The molecule has 0 fully saturated rings. The van der Waals surface area contributed by atoms with Crippen molar-refractivity contribution >= 4 is 28.3 Å². The van der Waals surface area contributed by atoms with Crippen molar-refractivity contribution in [1.82, 2.24) is 14.8 Å². The molecule has 0 saturated carbocycles. The van der Waals surface area contributed by atoms with Crippen molar-refractivity contribution in [3.63, 3.8) is 0 Å². The van der Waals surface area contributed by atoms with E-state index in [4.69, 9.17) is 4.74 Å². The number of ether oxygens (including phenoxy) is 1. The second kappa shape index (κ2) is 10.9. The second-order valence-corrected chi connectivity index (χ2v) is 8.68. The summed E-state index contributed by atoms with van der Waals surface area (Å²) >= 11 is 1.29. The normalized spacial score (nSPS) is 11.6. The zero-order valence-electron chi connectivity index (χ0n) is 19.3. The highest BCUT2D eigenvalue weighted by Gasteiger charge is 2.21. The molecule has 4 aromatic rings. The molecule has 0 spiro atoms. The van der Waals surface area contributed by atoms with E-state index < -0.39 is 18.0 Å². The summed E-state index contributed by atoms with van der Waals surface area (Å²) in [5, 5.41) is 9.04. The number of carbonyl (C=O) groups is 2. The van der Waals surface area contributed by atoms with Gasteiger partial charge in [-0.15, -0.1) is 11.3 Å². The Morgan fingerprint density at radius 3 is 2.49 bits per heavy atom. The Labute approximate surface area is 206 Å². The molecule has 1 amide bonds. The van der Waals surface area contributed by atoms with Crippen LogP contribution in [-0.2, 0) is 22.5 Å². The fourth-order valence-electron chi connectivity index (χ4n) is 3.28. The number of rotatable bonds is 8. The highest BCUT2D eigenvalue weighted by Crippen LogP contribution is 2.25. The lowest BCUT2D eigenvalue weighted by Crippen LogP contribution is -2.31. The van der Waals surface area contributed by atoms with Gasteiger partial charge in [0.1, 0.15) is 0 Å². The Bertz CT molecular complexity index is 1380. The van der Waals surface area contributed by atoms with Gasteiger partial charge in [0.15, 0.2) is 16.9 Å². The van der Waals surface area contributed by atoms with Crippen LogP contribution in [0.25, 0.3) is 11.3 Å². The Morgan fingerprint density at radius 1 is 1.03 bits per heavy atom. The van der Waals surface area contributed by atoms with Crippen molar-refractivity contribution in [2.75, 3.05) is 5.32 Å². The number of nitrogens with zero attached hydrogens (tertiary/aromatic N) is 3. The van der Waals surface area contributed by atoms with Crippen LogP contribution in [0.4, 0.5) is 5.13 Å². The predicted molar refractivity (Wildman–Crippen MR) is 134 cm³/mol. The molecule has 2 heterocycles. The molecule has 2 aromatic heterocycles. The lowest BCUT2D eigenvalue weighted by atomic mass is 10.1. The fourth-order valence-corrected chi connectivity index (χ4v) is 4.01. The molecular weight excluding hydrogens is 464 g/mol. The van der Waals surface area contributed by atoms with Crippen molar-refractivity contribution in [3.05, 3.63) is 99.3 Å². The Balaban J connectivity index is 1.38. The first-order valence-electron chi connectivity index (χ1n) is 11.1. The SMILES string of the molecule is CCc1ccc(-c2csc(NC(=O)C(C)OC(=O)c3ccc(=O)n(Cc4ccccc4)n3)n2)cc1. The largest absolute Gasteiger partial charge is 0.448 e. The summed E-state index contributed by atoms with van der Waals surface area (Å²) in [5.74, 6) is -1.32. The Kier molecular flexibility index (Phi) is 7.47. The lowest BCUT2D eigenvalue weighted by molar-refractivity contribution is -0.123. The van der Waals surface area contributed by atoms with Gasteiger partial charge in [-0.05, 0) is 30.5 Å². The van der Waals surface area contributed by atoms with Crippen molar-refractivity contribution in [2.24, 2.45) is 0 Å². The van der Waals surface area contributed by atoms with Crippen molar-refractivity contribution in [3.8, 4) is 11.3 Å². The minimum absolute atomic E-state index is 0.0627. The molecule has 9 heteroatoms. The van der Waals surface area contributed by atoms with Crippen LogP contribution < -0.4 is 10.9 Å². The zero-order valence-corrected chi connectivity index (χ0v) is 20.1. The molecule has 1 N–H and O–H groups in total. The maximum Gasteiger partial charge on any atom is 0.359 e. The van der Waals surface area contributed by atoms with Crippen LogP contribution in [0.5, 0.6) is 0 Å². The van der Waals surface area contributed by atoms with E-state index in [9.17, 15) is 14.4 Å². The monoisotopic (exact) mass is 488 g/mol. The average Bonchev–Trinajstić information content (AvgIpc) is 3.34. The molecule has 4 rings (SSSR count). The van der Waals surface area contributed by atoms with E-state index in [1.807, 2.05) is 60.0 Å². The second-order valence-electron chi connectivity index (χ2n) is 7.83. The van der Waals surface area contributed by atoms with Gasteiger partial charge in [0.25, 0.3) is 11.5 Å². The van der Waals surface area contributed by atoms with E-state index in [1.165, 1.54) is 40.6 Å². The third-order valence-corrected chi connectivity index (χ3v) is 6.05. The van der Waals surface area contributed by atoms with E-state index in [0.29, 0.717) is 5.13 Å². The van der Waals surface area contributed by atoms with Gasteiger partial charge in [-0.2, -0.15) is 5.10 Å². The standard InChI is InChI=1S/C26H24N4O4S/c1-3-18-9-11-20(12-10-18)22-16-35-26(27-22)28-24(32)17(2)34-25(33)21-13-14-23(31)30(29-21)15-19-7-5-4-6-8-19/h4-14,16-17H,3,15H2,1-2H3,(H,27,28,32). The van der Waals surface area contributed by atoms with Gasteiger partial charge in [0, 0.05) is 17.0 Å². The average molecular weight is 489 g/mol. The third kappa shape index (κ3) is 6.07. The zero-order chi connectivity index (χ0) is 24.8. The van der Waals surface area contributed by atoms with Crippen LogP contribution in [0.1, 0.15) is 35.5 Å². The van der Waals surface area contributed by atoms with E-state index in [2.05, 4.69) is 22.3 Å². The highest BCUT2D eigenvalue weighted by molar-refractivity contribution is 7.14. The molecule has 0 bridgehead atoms. The van der Waals surface area contributed by atoms with E-state index in [-0.39, 0.29) is 17.8 Å². The highest BCUT2D eigenvalue weighted by atomic mass is 32.1. The van der Waals surface area contributed by atoms with Gasteiger partial charge in [0.2, 0.25) is 0 Å². The number of thiazole rings is 1. The Hall–Kier alpha value is -4.11. The summed E-state index contributed by atoms with van der Waals surface area (Å²) in [6.07, 6.45) is -0.131. The summed E-state index contributed by atoms with van der Waals surface area (Å²) in [6.45, 7) is 3.77. The molecule has 0 radical (unpaired) electrons. The number of aryl methyl sites for hydroxylation is 1. The van der Waals surface area contributed by atoms with E-state index in [1.54, 1.807) is 0 Å². The fraction of sp³-hybridized carbons (Fsp3) is 0.192. The first kappa shape index (κ1) is 24.0. The molecule has 0 aliphatic carbocycles. The van der Waals surface area contributed by atoms with E-state index in [0.717, 1.165) is 23.2 Å². The number of benzene rings is 2. The predicted octanol–water partition coefficient (Wildman–Crippen LogP) is 4.16.